The van der Waals surface area contributed by atoms with Crippen LogP contribution in [0.25, 0.3) is 0 Å². The van der Waals surface area contributed by atoms with E-state index in [0.717, 1.165) is 6.42 Å². The lowest BCUT2D eigenvalue weighted by atomic mass is 9.94. The SMILES string of the molecule is NCC(=O)N1CCCC12CCN(CC(N)=O)C2=O. The van der Waals surface area contributed by atoms with Crippen LogP contribution in [0.3, 0.4) is 0 Å². The fourth-order valence-electron chi connectivity index (χ4n) is 3.00. The van der Waals surface area contributed by atoms with Crippen molar-refractivity contribution in [3.63, 3.8) is 0 Å². The van der Waals surface area contributed by atoms with E-state index < -0.39 is 11.4 Å². The summed E-state index contributed by atoms with van der Waals surface area (Å²) in [6.45, 7) is 0.860. The Morgan fingerprint density at radius 2 is 2.00 bits per heavy atom. The maximum absolute atomic E-state index is 12.4. The Hall–Kier alpha value is -1.63. The molecule has 0 aromatic rings. The lowest BCUT2D eigenvalue weighted by Crippen LogP contribution is -2.54. The molecular formula is C11H18N4O3. The first-order valence-electron chi connectivity index (χ1n) is 6.09. The summed E-state index contributed by atoms with van der Waals surface area (Å²) in [6, 6.07) is 0. The van der Waals surface area contributed by atoms with Crippen LogP contribution in [0.1, 0.15) is 19.3 Å². The molecule has 4 N–H and O–H groups in total. The van der Waals surface area contributed by atoms with Crippen LogP contribution in [0.5, 0.6) is 0 Å². The van der Waals surface area contributed by atoms with E-state index in [1.807, 2.05) is 0 Å². The Balaban J connectivity index is 2.19. The van der Waals surface area contributed by atoms with Gasteiger partial charge in [-0.15, -0.1) is 0 Å². The van der Waals surface area contributed by atoms with E-state index in [2.05, 4.69) is 0 Å². The number of rotatable bonds is 3. The zero-order chi connectivity index (χ0) is 13.3. The summed E-state index contributed by atoms with van der Waals surface area (Å²) in [5, 5.41) is 0. The second-order valence-corrected chi connectivity index (χ2v) is 4.83. The predicted octanol–water partition coefficient (Wildman–Crippen LogP) is -1.98. The molecule has 3 amide bonds. The van der Waals surface area contributed by atoms with Gasteiger partial charge in [0.25, 0.3) is 0 Å². The molecule has 0 bridgehead atoms. The van der Waals surface area contributed by atoms with Gasteiger partial charge in [-0.25, -0.2) is 0 Å². The molecule has 1 unspecified atom stereocenters. The molecule has 0 radical (unpaired) electrons. The number of primary amides is 1. The van der Waals surface area contributed by atoms with Gasteiger partial charge in [-0.05, 0) is 19.3 Å². The largest absolute Gasteiger partial charge is 0.368 e. The third kappa shape index (κ3) is 1.84. The first-order valence-corrected chi connectivity index (χ1v) is 6.09. The van der Waals surface area contributed by atoms with Gasteiger partial charge >= 0.3 is 0 Å². The Kier molecular flexibility index (Phi) is 3.25. The molecule has 7 heteroatoms. The van der Waals surface area contributed by atoms with Gasteiger partial charge in [-0.3, -0.25) is 14.4 Å². The molecule has 0 aromatic carbocycles. The van der Waals surface area contributed by atoms with Crippen molar-refractivity contribution in [2.45, 2.75) is 24.8 Å². The van der Waals surface area contributed by atoms with Gasteiger partial charge in [0.05, 0.1) is 13.1 Å². The molecule has 0 saturated carbocycles. The van der Waals surface area contributed by atoms with Gasteiger partial charge in [0.1, 0.15) is 5.54 Å². The normalized spacial score (nSPS) is 27.3. The summed E-state index contributed by atoms with van der Waals surface area (Å²) < 4.78 is 0. The van der Waals surface area contributed by atoms with E-state index in [1.54, 1.807) is 4.90 Å². The van der Waals surface area contributed by atoms with Crippen molar-refractivity contribution in [2.75, 3.05) is 26.2 Å². The molecular weight excluding hydrogens is 236 g/mol. The standard InChI is InChI=1S/C11H18N4O3/c12-6-9(17)15-4-1-2-11(15)3-5-14(10(11)18)7-8(13)16/h1-7,12H2,(H2,13,16). The second kappa shape index (κ2) is 4.56. The fourth-order valence-corrected chi connectivity index (χ4v) is 3.00. The highest BCUT2D eigenvalue weighted by Crippen LogP contribution is 2.38. The van der Waals surface area contributed by atoms with Crippen LogP contribution in [0, 0.1) is 0 Å². The molecule has 2 aliphatic rings. The molecule has 2 aliphatic heterocycles. The number of nitrogens with zero attached hydrogens (tertiary/aromatic N) is 2. The number of carbonyl (C=O) groups excluding carboxylic acids is 3. The number of likely N-dealkylation sites (tertiary alicyclic amines) is 2. The minimum atomic E-state index is -0.772. The van der Waals surface area contributed by atoms with Gasteiger partial charge in [-0.1, -0.05) is 0 Å². The summed E-state index contributed by atoms with van der Waals surface area (Å²) >= 11 is 0. The summed E-state index contributed by atoms with van der Waals surface area (Å²) in [4.78, 5) is 38.1. The van der Waals surface area contributed by atoms with E-state index in [4.69, 9.17) is 11.5 Å². The first kappa shape index (κ1) is 12.8. The zero-order valence-corrected chi connectivity index (χ0v) is 10.2. The van der Waals surface area contributed by atoms with Crippen LogP contribution >= 0.6 is 0 Å². The lowest BCUT2D eigenvalue weighted by Gasteiger charge is -2.33. The smallest absolute Gasteiger partial charge is 0.249 e. The van der Waals surface area contributed by atoms with Crippen molar-refractivity contribution in [1.82, 2.24) is 9.80 Å². The van der Waals surface area contributed by atoms with Crippen molar-refractivity contribution in [3.05, 3.63) is 0 Å². The topological polar surface area (TPSA) is 110 Å². The maximum atomic E-state index is 12.4. The molecule has 1 atom stereocenters. The molecule has 2 rings (SSSR count). The Bertz CT molecular complexity index is 398. The molecule has 2 fully saturated rings. The van der Waals surface area contributed by atoms with E-state index in [0.29, 0.717) is 25.9 Å². The van der Waals surface area contributed by atoms with E-state index in [1.165, 1.54) is 4.90 Å². The van der Waals surface area contributed by atoms with Crippen LogP contribution < -0.4 is 11.5 Å². The maximum Gasteiger partial charge on any atom is 0.249 e. The molecule has 2 heterocycles. The van der Waals surface area contributed by atoms with Crippen molar-refractivity contribution in [1.29, 1.82) is 0 Å². The van der Waals surface area contributed by atoms with Crippen molar-refractivity contribution in [3.8, 4) is 0 Å². The number of amides is 3. The highest BCUT2D eigenvalue weighted by Gasteiger charge is 2.54. The van der Waals surface area contributed by atoms with E-state index in [9.17, 15) is 14.4 Å². The average molecular weight is 254 g/mol. The molecule has 2 saturated heterocycles. The molecule has 0 aromatic heterocycles. The Morgan fingerprint density at radius 1 is 1.28 bits per heavy atom. The van der Waals surface area contributed by atoms with Gasteiger partial charge in [0.15, 0.2) is 0 Å². The van der Waals surface area contributed by atoms with Crippen LogP contribution in [-0.4, -0.2) is 59.2 Å². The summed E-state index contributed by atoms with van der Waals surface area (Å²) in [7, 11) is 0. The number of carbonyl (C=O) groups is 3. The highest BCUT2D eigenvalue weighted by atomic mass is 16.2. The summed E-state index contributed by atoms with van der Waals surface area (Å²) in [5.74, 6) is -0.905. The minimum Gasteiger partial charge on any atom is -0.368 e. The first-order chi connectivity index (χ1) is 8.51. The number of hydrogen-bond acceptors (Lipinski definition) is 4. The van der Waals surface area contributed by atoms with Gasteiger partial charge in [0.2, 0.25) is 17.7 Å². The fraction of sp³-hybridized carbons (Fsp3) is 0.727. The van der Waals surface area contributed by atoms with Crippen LogP contribution in [-0.2, 0) is 14.4 Å². The number of nitrogens with two attached hydrogens (primary N) is 2. The van der Waals surface area contributed by atoms with Crippen LogP contribution in [0.4, 0.5) is 0 Å². The molecule has 7 nitrogen and oxygen atoms in total. The Morgan fingerprint density at radius 3 is 2.61 bits per heavy atom. The molecule has 100 valence electrons. The average Bonchev–Trinajstić information content (AvgIpc) is 2.88. The predicted molar refractivity (Wildman–Crippen MR) is 63.1 cm³/mol. The quantitative estimate of drug-likeness (QED) is 0.608. The van der Waals surface area contributed by atoms with Crippen molar-refractivity contribution >= 4 is 17.7 Å². The monoisotopic (exact) mass is 254 g/mol. The summed E-state index contributed by atoms with van der Waals surface area (Å²) in [6.07, 6.45) is 2.00. The van der Waals surface area contributed by atoms with Crippen molar-refractivity contribution < 1.29 is 14.4 Å². The number of hydrogen-bond donors (Lipinski definition) is 2. The molecule has 0 aliphatic carbocycles. The lowest BCUT2D eigenvalue weighted by molar-refractivity contribution is -0.146. The van der Waals surface area contributed by atoms with E-state index in [-0.39, 0.29) is 24.9 Å². The summed E-state index contributed by atoms with van der Waals surface area (Å²) in [5.41, 5.74) is 9.71. The zero-order valence-electron chi connectivity index (χ0n) is 10.2. The third-order valence-electron chi connectivity index (χ3n) is 3.79. The van der Waals surface area contributed by atoms with Gasteiger partial charge in [-0.2, -0.15) is 0 Å². The highest BCUT2D eigenvalue weighted by molar-refractivity contribution is 5.96. The van der Waals surface area contributed by atoms with Gasteiger partial charge in [0, 0.05) is 13.1 Å². The van der Waals surface area contributed by atoms with Gasteiger partial charge < -0.3 is 21.3 Å². The Labute approximate surface area is 105 Å². The van der Waals surface area contributed by atoms with Crippen LogP contribution in [0.2, 0.25) is 0 Å². The second-order valence-electron chi connectivity index (χ2n) is 4.83. The third-order valence-corrected chi connectivity index (χ3v) is 3.79. The minimum absolute atomic E-state index is 0.0781. The molecule has 18 heavy (non-hydrogen) atoms. The van der Waals surface area contributed by atoms with E-state index >= 15 is 0 Å². The molecule has 1 spiro atoms. The van der Waals surface area contributed by atoms with Crippen LogP contribution in [0.15, 0.2) is 0 Å². The van der Waals surface area contributed by atoms with Crippen molar-refractivity contribution in [2.24, 2.45) is 11.5 Å².